The van der Waals surface area contributed by atoms with Gasteiger partial charge in [0.15, 0.2) is 0 Å². The maximum Gasteiger partial charge on any atom is -0.0195 e. The van der Waals surface area contributed by atoms with Gasteiger partial charge < -0.3 is 0 Å². The Morgan fingerprint density at radius 2 is 1.16 bits per heavy atom. The molecule has 100 valence electrons. The molecule has 0 saturated heterocycles. The van der Waals surface area contributed by atoms with Gasteiger partial charge in [0.25, 0.3) is 0 Å². The molecule has 0 heterocycles. The van der Waals surface area contributed by atoms with Crippen LogP contribution in [0.4, 0.5) is 0 Å². The fourth-order valence-corrected chi connectivity index (χ4v) is 5.56. The number of rotatable bonds is 6. The van der Waals surface area contributed by atoms with E-state index in [1.54, 1.807) is 0 Å². The summed E-state index contributed by atoms with van der Waals surface area (Å²) in [6.45, 7) is 4.76. The topological polar surface area (TPSA) is 0 Å². The Bertz CT molecular complexity index is 426. The highest BCUT2D eigenvalue weighted by molar-refractivity contribution is 7.73. The Hall–Kier alpha value is -0.700. The van der Waals surface area contributed by atoms with Crippen molar-refractivity contribution < 1.29 is 0 Å². The van der Waals surface area contributed by atoms with E-state index in [-0.39, 0.29) is 15.8 Å². The van der Waals surface area contributed by atoms with Crippen LogP contribution in [0.15, 0.2) is 60.7 Å². The maximum absolute atomic E-state index is 2.38. The molecule has 0 aliphatic carbocycles. The van der Waals surface area contributed by atoms with E-state index in [1.165, 1.54) is 29.4 Å². The highest BCUT2D eigenvalue weighted by atomic mass is 31.1. The zero-order valence-corrected chi connectivity index (χ0v) is 13.6. The van der Waals surface area contributed by atoms with Gasteiger partial charge in [-0.3, -0.25) is 0 Å². The van der Waals surface area contributed by atoms with Crippen LogP contribution in [-0.4, -0.2) is 25.7 Å². The predicted molar refractivity (Wildman–Crippen MR) is 92.2 cm³/mol. The highest BCUT2D eigenvalue weighted by Gasteiger charge is 2.12. The molecule has 0 aliphatic rings. The molecule has 0 saturated carbocycles. The molecule has 0 radical (unpaired) electrons. The van der Waals surface area contributed by atoms with Crippen molar-refractivity contribution in [1.29, 1.82) is 0 Å². The molecule has 0 aliphatic heterocycles. The Morgan fingerprint density at radius 3 is 1.58 bits per heavy atom. The molecule has 2 heteroatoms. The minimum absolute atomic E-state index is 0.171. The Kier molecular flexibility index (Phi) is 6.02. The SMILES string of the molecule is CP(C)CCCP(c1ccccc1)c1ccccc1. The van der Waals surface area contributed by atoms with E-state index in [2.05, 4.69) is 74.0 Å². The summed E-state index contributed by atoms with van der Waals surface area (Å²) >= 11 is 0. The van der Waals surface area contributed by atoms with Crippen molar-refractivity contribution in [3.8, 4) is 0 Å². The van der Waals surface area contributed by atoms with Gasteiger partial charge in [-0.2, -0.15) is 0 Å². The van der Waals surface area contributed by atoms with E-state index < -0.39 is 0 Å². The Morgan fingerprint density at radius 1 is 0.684 bits per heavy atom. The van der Waals surface area contributed by atoms with E-state index >= 15 is 0 Å². The summed E-state index contributed by atoms with van der Waals surface area (Å²) in [5.74, 6) is 0. The molecule has 0 fully saturated rings. The first-order valence-corrected chi connectivity index (χ1v) is 10.7. The second kappa shape index (κ2) is 7.78. The largest absolute Gasteiger partial charge is 0.113 e. The van der Waals surface area contributed by atoms with E-state index in [1.807, 2.05) is 0 Å². The van der Waals surface area contributed by atoms with Crippen LogP contribution in [0.25, 0.3) is 0 Å². The fraction of sp³-hybridized carbons (Fsp3) is 0.294. The Labute approximate surface area is 119 Å². The smallest absolute Gasteiger partial charge is 0.0195 e. The molecule has 19 heavy (non-hydrogen) atoms. The number of hydrogen-bond acceptors (Lipinski definition) is 0. The van der Waals surface area contributed by atoms with E-state index in [0.29, 0.717) is 0 Å². The van der Waals surface area contributed by atoms with Crippen LogP contribution in [0.5, 0.6) is 0 Å². The quantitative estimate of drug-likeness (QED) is 0.697. The zero-order chi connectivity index (χ0) is 13.5. The molecule has 2 aromatic rings. The van der Waals surface area contributed by atoms with E-state index in [4.69, 9.17) is 0 Å². The summed E-state index contributed by atoms with van der Waals surface area (Å²) in [6.07, 6.45) is 4.08. The van der Waals surface area contributed by atoms with Crippen LogP contribution in [0.3, 0.4) is 0 Å². The molecule has 0 spiro atoms. The first-order chi connectivity index (χ1) is 9.27. The first-order valence-electron chi connectivity index (χ1n) is 6.80. The van der Waals surface area contributed by atoms with Gasteiger partial charge in [-0.1, -0.05) is 60.7 Å². The van der Waals surface area contributed by atoms with E-state index in [9.17, 15) is 0 Å². The molecule has 0 unspecified atom stereocenters. The monoisotopic (exact) mass is 288 g/mol. The molecule has 0 atom stereocenters. The third-order valence-electron chi connectivity index (χ3n) is 3.12. The minimum atomic E-state index is -0.171. The molecular formula is C17H22P2. The summed E-state index contributed by atoms with van der Waals surface area (Å²) < 4.78 is 0. The van der Waals surface area contributed by atoms with Gasteiger partial charge in [-0.05, 0) is 50.6 Å². The third-order valence-corrected chi connectivity index (χ3v) is 6.94. The van der Waals surface area contributed by atoms with Crippen LogP contribution in [-0.2, 0) is 0 Å². The summed E-state index contributed by atoms with van der Waals surface area (Å²) in [7, 11) is 0.0703. The summed E-state index contributed by atoms with van der Waals surface area (Å²) in [4.78, 5) is 0. The Balaban J connectivity index is 2.14. The van der Waals surface area contributed by atoms with Crippen molar-refractivity contribution in [2.45, 2.75) is 6.42 Å². The standard InChI is InChI=1S/C17H22P2/c1-18(2)14-9-15-19(16-10-5-3-6-11-16)17-12-7-4-8-13-17/h3-8,10-13H,9,14-15H2,1-2H3. The minimum Gasteiger partial charge on any atom is -0.113 e. The van der Waals surface area contributed by atoms with Gasteiger partial charge in [-0.15, -0.1) is 7.92 Å². The maximum atomic E-state index is 2.38. The lowest BCUT2D eigenvalue weighted by molar-refractivity contribution is 1.11. The predicted octanol–water partition coefficient (Wildman–Crippen LogP) is 4.25. The third kappa shape index (κ3) is 4.72. The first kappa shape index (κ1) is 14.7. The van der Waals surface area contributed by atoms with Gasteiger partial charge >= 0.3 is 0 Å². The lowest BCUT2D eigenvalue weighted by Crippen LogP contribution is -2.14. The van der Waals surface area contributed by atoms with Crippen molar-refractivity contribution in [3.63, 3.8) is 0 Å². The lowest BCUT2D eigenvalue weighted by Gasteiger charge is -2.19. The summed E-state index contributed by atoms with van der Waals surface area (Å²) in [5.41, 5.74) is 0. The van der Waals surface area contributed by atoms with Gasteiger partial charge in [0, 0.05) is 0 Å². The van der Waals surface area contributed by atoms with Gasteiger partial charge in [0.1, 0.15) is 0 Å². The molecule has 0 bridgehead atoms. The van der Waals surface area contributed by atoms with Crippen LogP contribution >= 0.6 is 15.8 Å². The second-order valence-electron chi connectivity index (χ2n) is 4.98. The summed E-state index contributed by atoms with van der Waals surface area (Å²) in [5, 5.41) is 3.03. The van der Waals surface area contributed by atoms with Crippen LogP contribution in [0.1, 0.15) is 6.42 Å². The second-order valence-corrected chi connectivity index (χ2v) is 9.92. The molecule has 0 N–H and O–H groups in total. The average Bonchev–Trinajstić information content (AvgIpc) is 2.45. The van der Waals surface area contributed by atoms with Crippen LogP contribution in [0, 0.1) is 0 Å². The van der Waals surface area contributed by atoms with Crippen molar-refractivity contribution in [1.82, 2.24) is 0 Å². The molecule has 0 aromatic heterocycles. The van der Waals surface area contributed by atoms with Gasteiger partial charge in [0.2, 0.25) is 0 Å². The van der Waals surface area contributed by atoms with Crippen LogP contribution in [0.2, 0.25) is 0 Å². The van der Waals surface area contributed by atoms with Crippen molar-refractivity contribution >= 4 is 26.5 Å². The summed E-state index contributed by atoms with van der Waals surface area (Å²) in [6, 6.07) is 22.1. The lowest BCUT2D eigenvalue weighted by atomic mass is 10.4. The van der Waals surface area contributed by atoms with Gasteiger partial charge in [0.05, 0.1) is 0 Å². The van der Waals surface area contributed by atoms with Gasteiger partial charge in [-0.25, -0.2) is 0 Å². The number of hydrogen-bond donors (Lipinski definition) is 0. The van der Waals surface area contributed by atoms with E-state index in [0.717, 1.165) is 0 Å². The molecule has 0 nitrogen and oxygen atoms in total. The zero-order valence-electron chi connectivity index (χ0n) is 11.8. The molecule has 0 amide bonds. The molecule has 2 aromatic carbocycles. The fourth-order valence-electron chi connectivity index (χ4n) is 2.17. The molecule has 2 rings (SSSR count). The highest BCUT2D eigenvalue weighted by Crippen LogP contribution is 2.36. The number of benzene rings is 2. The van der Waals surface area contributed by atoms with Crippen molar-refractivity contribution in [2.24, 2.45) is 0 Å². The average molecular weight is 288 g/mol. The van der Waals surface area contributed by atoms with Crippen LogP contribution < -0.4 is 10.6 Å². The van der Waals surface area contributed by atoms with Crippen molar-refractivity contribution in [2.75, 3.05) is 25.7 Å². The normalized spacial score (nSPS) is 11.2. The van der Waals surface area contributed by atoms with Crippen molar-refractivity contribution in [3.05, 3.63) is 60.7 Å². The molecular weight excluding hydrogens is 266 g/mol.